The third-order valence-corrected chi connectivity index (χ3v) is 2.53. The number of nitrogen functional groups attached to an aromatic ring is 1. The molecule has 0 spiro atoms. The summed E-state index contributed by atoms with van der Waals surface area (Å²) in [5, 5.41) is 13.0. The Kier molecular flexibility index (Phi) is 5.28. The Hall–Kier alpha value is -1.07. The fraction of sp³-hybridized carbons (Fsp3) is 0.727. The summed E-state index contributed by atoms with van der Waals surface area (Å²) >= 11 is 0. The molecule has 0 aliphatic carbocycles. The normalized spacial score (nSPS) is 10.9. The van der Waals surface area contributed by atoms with Gasteiger partial charge in [-0.1, -0.05) is 13.8 Å². The number of aliphatic hydroxyl groups excluding tert-OH is 1. The average Bonchev–Trinajstić information content (AvgIpc) is 2.60. The van der Waals surface area contributed by atoms with Gasteiger partial charge in [-0.2, -0.15) is 5.10 Å². The van der Waals surface area contributed by atoms with Crippen molar-refractivity contribution >= 4 is 5.69 Å². The van der Waals surface area contributed by atoms with Crippen molar-refractivity contribution < 1.29 is 9.84 Å². The van der Waals surface area contributed by atoms with E-state index >= 15 is 0 Å². The van der Waals surface area contributed by atoms with Crippen molar-refractivity contribution in [1.29, 1.82) is 0 Å². The fourth-order valence-corrected chi connectivity index (χ4v) is 1.70. The van der Waals surface area contributed by atoms with Gasteiger partial charge in [0.15, 0.2) is 0 Å². The van der Waals surface area contributed by atoms with Crippen LogP contribution in [0, 0.1) is 0 Å². The van der Waals surface area contributed by atoms with E-state index in [4.69, 9.17) is 15.6 Å². The number of nitrogens with two attached hydrogens (primary N) is 1. The lowest BCUT2D eigenvalue weighted by Crippen LogP contribution is -2.12. The molecule has 92 valence electrons. The molecule has 0 saturated heterocycles. The van der Waals surface area contributed by atoms with Crippen LogP contribution in [0.25, 0.3) is 0 Å². The summed E-state index contributed by atoms with van der Waals surface area (Å²) in [4.78, 5) is 0. The Labute approximate surface area is 96.2 Å². The number of aliphatic hydroxyl groups is 1. The van der Waals surface area contributed by atoms with E-state index in [-0.39, 0.29) is 6.61 Å². The van der Waals surface area contributed by atoms with Gasteiger partial charge in [-0.15, -0.1) is 0 Å². The molecule has 0 amide bonds. The molecular formula is C11H21N3O2. The minimum atomic E-state index is 0.0576. The molecule has 5 nitrogen and oxygen atoms in total. The maximum absolute atomic E-state index is 8.58. The van der Waals surface area contributed by atoms with Gasteiger partial charge in [0.2, 0.25) is 0 Å². The number of hydrogen-bond acceptors (Lipinski definition) is 4. The summed E-state index contributed by atoms with van der Waals surface area (Å²) in [6.07, 6.45) is 1.72. The fourth-order valence-electron chi connectivity index (χ4n) is 1.70. The first-order valence-electron chi connectivity index (χ1n) is 5.77. The van der Waals surface area contributed by atoms with Crippen LogP contribution in [-0.2, 0) is 24.1 Å². The molecular weight excluding hydrogens is 206 g/mol. The summed E-state index contributed by atoms with van der Waals surface area (Å²) in [5.41, 5.74) is 8.83. The van der Waals surface area contributed by atoms with Crippen molar-refractivity contribution in [2.75, 3.05) is 25.6 Å². The summed E-state index contributed by atoms with van der Waals surface area (Å²) in [6, 6.07) is 0. The van der Waals surface area contributed by atoms with Crippen LogP contribution in [0.2, 0.25) is 0 Å². The van der Waals surface area contributed by atoms with Crippen molar-refractivity contribution in [2.24, 2.45) is 0 Å². The SMILES string of the molecule is CCc1nn(CCOCCO)c(CC)c1N. The zero-order chi connectivity index (χ0) is 12.0. The van der Waals surface area contributed by atoms with E-state index in [0.29, 0.717) is 19.8 Å². The highest BCUT2D eigenvalue weighted by atomic mass is 16.5. The predicted molar refractivity (Wildman–Crippen MR) is 63.3 cm³/mol. The lowest BCUT2D eigenvalue weighted by Gasteiger charge is -2.06. The summed E-state index contributed by atoms with van der Waals surface area (Å²) in [5.74, 6) is 0. The van der Waals surface area contributed by atoms with Crippen molar-refractivity contribution in [1.82, 2.24) is 9.78 Å². The van der Waals surface area contributed by atoms with Crippen LogP contribution >= 0.6 is 0 Å². The van der Waals surface area contributed by atoms with Crippen LogP contribution < -0.4 is 5.73 Å². The number of anilines is 1. The molecule has 0 radical (unpaired) electrons. The zero-order valence-corrected chi connectivity index (χ0v) is 10.1. The minimum Gasteiger partial charge on any atom is -0.396 e. The van der Waals surface area contributed by atoms with Gasteiger partial charge >= 0.3 is 0 Å². The quantitative estimate of drug-likeness (QED) is 0.669. The second-order valence-electron chi connectivity index (χ2n) is 3.57. The highest BCUT2D eigenvalue weighted by Crippen LogP contribution is 2.18. The van der Waals surface area contributed by atoms with Crippen LogP contribution in [0.5, 0.6) is 0 Å². The topological polar surface area (TPSA) is 73.3 Å². The summed E-state index contributed by atoms with van der Waals surface area (Å²) in [7, 11) is 0. The molecule has 0 saturated carbocycles. The first-order chi connectivity index (χ1) is 7.74. The third-order valence-electron chi connectivity index (χ3n) is 2.53. The smallest absolute Gasteiger partial charge is 0.0854 e. The van der Waals surface area contributed by atoms with Crippen LogP contribution in [0.4, 0.5) is 5.69 Å². The monoisotopic (exact) mass is 227 g/mol. The van der Waals surface area contributed by atoms with Crippen LogP contribution in [0.1, 0.15) is 25.2 Å². The van der Waals surface area contributed by atoms with Crippen molar-refractivity contribution in [3.05, 3.63) is 11.4 Å². The molecule has 0 aliphatic rings. The second-order valence-corrected chi connectivity index (χ2v) is 3.57. The van der Waals surface area contributed by atoms with Gasteiger partial charge in [0.1, 0.15) is 0 Å². The number of hydrogen-bond donors (Lipinski definition) is 2. The Morgan fingerprint density at radius 2 is 2.06 bits per heavy atom. The van der Waals surface area contributed by atoms with Gasteiger partial charge in [0.05, 0.1) is 43.4 Å². The molecule has 0 fully saturated rings. The highest BCUT2D eigenvalue weighted by Gasteiger charge is 2.11. The van der Waals surface area contributed by atoms with Gasteiger partial charge in [-0.3, -0.25) is 4.68 Å². The lowest BCUT2D eigenvalue weighted by atomic mass is 10.2. The number of ether oxygens (including phenoxy) is 1. The maximum Gasteiger partial charge on any atom is 0.0854 e. The molecule has 3 N–H and O–H groups in total. The molecule has 0 unspecified atom stereocenters. The van der Waals surface area contributed by atoms with Crippen LogP contribution in [0.3, 0.4) is 0 Å². The second kappa shape index (κ2) is 6.50. The number of aromatic nitrogens is 2. The largest absolute Gasteiger partial charge is 0.396 e. The highest BCUT2D eigenvalue weighted by molar-refractivity contribution is 5.48. The molecule has 5 heteroatoms. The summed E-state index contributed by atoms with van der Waals surface area (Å²) < 4.78 is 7.13. The van der Waals surface area contributed by atoms with Crippen LogP contribution in [-0.4, -0.2) is 34.7 Å². The van der Waals surface area contributed by atoms with E-state index in [9.17, 15) is 0 Å². The number of nitrogens with zero attached hydrogens (tertiary/aromatic N) is 2. The Bertz CT molecular complexity index is 323. The Morgan fingerprint density at radius 1 is 1.31 bits per heavy atom. The Morgan fingerprint density at radius 3 is 2.62 bits per heavy atom. The first-order valence-corrected chi connectivity index (χ1v) is 5.77. The summed E-state index contributed by atoms with van der Waals surface area (Å²) in [6.45, 7) is 5.79. The van der Waals surface area contributed by atoms with Crippen molar-refractivity contribution in [3.8, 4) is 0 Å². The van der Waals surface area contributed by atoms with Gasteiger partial charge in [0.25, 0.3) is 0 Å². The molecule has 0 aromatic carbocycles. The van der Waals surface area contributed by atoms with Gasteiger partial charge in [0, 0.05) is 0 Å². The molecule has 16 heavy (non-hydrogen) atoms. The van der Waals surface area contributed by atoms with Crippen molar-refractivity contribution in [2.45, 2.75) is 33.2 Å². The number of aryl methyl sites for hydroxylation is 1. The van der Waals surface area contributed by atoms with Crippen molar-refractivity contribution in [3.63, 3.8) is 0 Å². The van der Waals surface area contributed by atoms with E-state index in [1.807, 2.05) is 11.6 Å². The standard InChI is InChI=1S/C11H21N3O2/c1-3-9-11(12)10(4-2)14(13-9)5-7-16-8-6-15/h15H,3-8,12H2,1-2H3. The maximum atomic E-state index is 8.58. The number of rotatable bonds is 7. The minimum absolute atomic E-state index is 0.0576. The lowest BCUT2D eigenvalue weighted by molar-refractivity contribution is 0.0849. The molecule has 1 aromatic heterocycles. The van der Waals surface area contributed by atoms with Gasteiger partial charge in [-0.05, 0) is 12.8 Å². The van der Waals surface area contributed by atoms with Crippen LogP contribution in [0.15, 0.2) is 0 Å². The molecule has 0 atom stereocenters. The van der Waals surface area contributed by atoms with E-state index in [1.165, 1.54) is 0 Å². The zero-order valence-electron chi connectivity index (χ0n) is 10.1. The van der Waals surface area contributed by atoms with Gasteiger partial charge in [-0.25, -0.2) is 0 Å². The van der Waals surface area contributed by atoms with Gasteiger partial charge < -0.3 is 15.6 Å². The predicted octanol–water partition coefficient (Wildman–Crippen LogP) is 0.599. The van der Waals surface area contributed by atoms with E-state index < -0.39 is 0 Å². The van der Waals surface area contributed by atoms with E-state index in [0.717, 1.165) is 29.9 Å². The Balaban J connectivity index is 2.64. The van der Waals surface area contributed by atoms with E-state index in [1.54, 1.807) is 0 Å². The molecule has 0 aliphatic heterocycles. The molecule has 1 aromatic rings. The third kappa shape index (κ3) is 2.96. The molecule has 0 bridgehead atoms. The van der Waals surface area contributed by atoms with E-state index in [2.05, 4.69) is 12.0 Å². The molecule has 1 heterocycles. The first kappa shape index (κ1) is 13.0. The molecule has 1 rings (SSSR count). The average molecular weight is 227 g/mol.